The highest BCUT2D eigenvalue weighted by atomic mass is 35.5. The Morgan fingerprint density at radius 3 is 2.67 bits per heavy atom. The maximum Gasteiger partial charge on any atom is 0.264 e. The van der Waals surface area contributed by atoms with Gasteiger partial charge in [0.1, 0.15) is 11.4 Å². The molecule has 2 heterocycles. The van der Waals surface area contributed by atoms with Gasteiger partial charge in [0, 0.05) is 42.3 Å². The highest BCUT2D eigenvalue weighted by Gasteiger charge is 2.20. The van der Waals surface area contributed by atoms with Gasteiger partial charge in [-0.25, -0.2) is 4.98 Å². The van der Waals surface area contributed by atoms with E-state index in [4.69, 9.17) is 11.6 Å². The summed E-state index contributed by atoms with van der Waals surface area (Å²) in [7, 11) is 0. The highest BCUT2D eigenvalue weighted by Crippen LogP contribution is 2.18. The van der Waals surface area contributed by atoms with E-state index in [1.54, 1.807) is 48.8 Å². The van der Waals surface area contributed by atoms with E-state index in [2.05, 4.69) is 15.0 Å². The van der Waals surface area contributed by atoms with Crippen molar-refractivity contribution in [3.05, 3.63) is 81.5 Å². The number of hydrogen-bond donors (Lipinski definition) is 2. The molecule has 0 fully saturated rings. The molecule has 0 radical (unpaired) electrons. The summed E-state index contributed by atoms with van der Waals surface area (Å²) in [4.78, 5) is 37.4. The van der Waals surface area contributed by atoms with Crippen molar-refractivity contribution in [3.8, 4) is 11.4 Å². The van der Waals surface area contributed by atoms with E-state index < -0.39 is 11.5 Å². The quantitative estimate of drug-likeness (QED) is 0.678. The number of nitrogens with one attached hydrogen (secondary N) is 1. The molecule has 0 atom stereocenters. The summed E-state index contributed by atoms with van der Waals surface area (Å²) in [5.41, 5.74) is 0.688. The molecule has 0 saturated carbocycles. The second kappa shape index (κ2) is 8.57. The second-order valence-electron chi connectivity index (χ2n) is 5.76. The van der Waals surface area contributed by atoms with Crippen molar-refractivity contribution in [2.75, 3.05) is 13.2 Å². The lowest BCUT2D eigenvalue weighted by molar-refractivity contribution is 0.0705. The first kappa shape index (κ1) is 18.8. The first-order valence-corrected chi connectivity index (χ1v) is 8.61. The summed E-state index contributed by atoms with van der Waals surface area (Å²) in [5.74, 6) is -0.208. The molecule has 27 heavy (non-hydrogen) atoms. The molecule has 0 aliphatic heterocycles. The number of pyridine rings is 1. The maximum atomic E-state index is 12.8. The van der Waals surface area contributed by atoms with Crippen molar-refractivity contribution in [3.63, 3.8) is 0 Å². The molecule has 0 saturated heterocycles. The fourth-order valence-corrected chi connectivity index (χ4v) is 2.77. The van der Waals surface area contributed by atoms with Crippen LogP contribution in [0.15, 0.2) is 59.8 Å². The third-order valence-electron chi connectivity index (χ3n) is 3.94. The van der Waals surface area contributed by atoms with Crippen molar-refractivity contribution in [1.82, 2.24) is 19.9 Å². The number of aromatic amines is 1. The summed E-state index contributed by atoms with van der Waals surface area (Å²) in [6.07, 6.45) is 4.41. The van der Waals surface area contributed by atoms with Crippen molar-refractivity contribution >= 4 is 17.5 Å². The smallest absolute Gasteiger partial charge is 0.264 e. The van der Waals surface area contributed by atoms with Crippen LogP contribution in [0.2, 0.25) is 5.02 Å². The van der Waals surface area contributed by atoms with Gasteiger partial charge in [0.05, 0.1) is 6.61 Å². The van der Waals surface area contributed by atoms with Crippen LogP contribution in [0, 0.1) is 0 Å². The van der Waals surface area contributed by atoms with E-state index in [-0.39, 0.29) is 25.3 Å². The van der Waals surface area contributed by atoms with E-state index in [1.807, 2.05) is 0 Å². The second-order valence-corrected chi connectivity index (χ2v) is 6.17. The minimum Gasteiger partial charge on any atom is -0.395 e. The zero-order valence-corrected chi connectivity index (χ0v) is 15.1. The van der Waals surface area contributed by atoms with Crippen LogP contribution >= 0.6 is 11.6 Å². The molecular formula is C19H17ClN4O3. The summed E-state index contributed by atoms with van der Waals surface area (Å²) in [6.45, 7) is -0.00793. The van der Waals surface area contributed by atoms with E-state index in [0.29, 0.717) is 16.4 Å². The largest absolute Gasteiger partial charge is 0.395 e. The van der Waals surface area contributed by atoms with E-state index in [0.717, 1.165) is 5.56 Å². The number of aliphatic hydroxyl groups excluding tert-OH is 1. The first-order valence-electron chi connectivity index (χ1n) is 8.23. The van der Waals surface area contributed by atoms with Crippen LogP contribution in [-0.4, -0.2) is 44.0 Å². The third kappa shape index (κ3) is 4.39. The Kier molecular flexibility index (Phi) is 5.95. The molecule has 138 valence electrons. The summed E-state index contributed by atoms with van der Waals surface area (Å²) >= 11 is 6.15. The number of aromatic nitrogens is 3. The van der Waals surface area contributed by atoms with Crippen LogP contribution in [0.1, 0.15) is 15.9 Å². The normalized spacial score (nSPS) is 10.6. The Morgan fingerprint density at radius 1 is 1.19 bits per heavy atom. The predicted octanol–water partition coefficient (Wildman–Crippen LogP) is 2.12. The topological polar surface area (TPSA) is 99.2 Å². The summed E-state index contributed by atoms with van der Waals surface area (Å²) in [6, 6.07) is 10.6. The highest BCUT2D eigenvalue weighted by molar-refractivity contribution is 6.31. The van der Waals surface area contributed by atoms with E-state index >= 15 is 0 Å². The van der Waals surface area contributed by atoms with Crippen molar-refractivity contribution in [2.24, 2.45) is 0 Å². The molecule has 2 aromatic heterocycles. The van der Waals surface area contributed by atoms with Gasteiger partial charge in [0.2, 0.25) is 0 Å². The zero-order chi connectivity index (χ0) is 19.2. The number of carbonyl (C=O) groups excluding carboxylic acids is 1. The van der Waals surface area contributed by atoms with Crippen LogP contribution in [0.25, 0.3) is 11.4 Å². The molecular weight excluding hydrogens is 368 g/mol. The SMILES string of the molecule is O=C(c1cnc(-c2cccnc2)[nH]c1=O)N(CCO)Cc1ccccc1Cl. The minimum absolute atomic E-state index is 0.0633. The molecule has 7 nitrogen and oxygen atoms in total. The predicted molar refractivity (Wildman–Crippen MR) is 101 cm³/mol. The number of amides is 1. The van der Waals surface area contributed by atoms with Gasteiger partial charge >= 0.3 is 0 Å². The Hall–Kier alpha value is -3.03. The maximum absolute atomic E-state index is 12.8. The van der Waals surface area contributed by atoms with Crippen LogP contribution < -0.4 is 5.56 Å². The molecule has 3 rings (SSSR count). The molecule has 0 bridgehead atoms. The van der Waals surface area contributed by atoms with Gasteiger partial charge in [-0.15, -0.1) is 0 Å². The lowest BCUT2D eigenvalue weighted by Gasteiger charge is -2.22. The molecule has 2 N–H and O–H groups in total. The minimum atomic E-state index is -0.559. The Balaban J connectivity index is 1.88. The number of aliphatic hydroxyl groups is 1. The Morgan fingerprint density at radius 2 is 2.00 bits per heavy atom. The van der Waals surface area contributed by atoms with Crippen LogP contribution in [0.5, 0.6) is 0 Å². The van der Waals surface area contributed by atoms with Gasteiger partial charge in [0.25, 0.3) is 11.5 Å². The number of benzene rings is 1. The number of rotatable bonds is 6. The van der Waals surface area contributed by atoms with Gasteiger partial charge in [-0.1, -0.05) is 29.8 Å². The van der Waals surface area contributed by atoms with Crippen molar-refractivity contribution in [2.45, 2.75) is 6.54 Å². The molecule has 0 unspecified atom stereocenters. The molecule has 0 aliphatic carbocycles. The van der Waals surface area contributed by atoms with E-state index in [9.17, 15) is 14.7 Å². The van der Waals surface area contributed by atoms with Crippen LogP contribution in [0.4, 0.5) is 0 Å². The van der Waals surface area contributed by atoms with Gasteiger partial charge in [0.15, 0.2) is 0 Å². The fraction of sp³-hybridized carbons (Fsp3) is 0.158. The number of carbonyl (C=O) groups is 1. The number of nitrogens with zero attached hydrogens (tertiary/aromatic N) is 3. The van der Waals surface area contributed by atoms with Gasteiger partial charge < -0.3 is 15.0 Å². The molecule has 0 spiro atoms. The molecule has 0 aliphatic rings. The van der Waals surface area contributed by atoms with Gasteiger partial charge in [-0.3, -0.25) is 14.6 Å². The number of H-pyrrole nitrogens is 1. The molecule has 3 aromatic rings. The fourth-order valence-electron chi connectivity index (χ4n) is 2.57. The third-order valence-corrected chi connectivity index (χ3v) is 4.31. The lowest BCUT2D eigenvalue weighted by atomic mass is 10.2. The van der Waals surface area contributed by atoms with Gasteiger partial charge in [-0.05, 0) is 23.8 Å². The number of hydrogen-bond acceptors (Lipinski definition) is 5. The Labute approximate surface area is 160 Å². The first-order chi connectivity index (χ1) is 13.1. The standard InChI is InChI=1S/C19H17ClN4O3/c20-16-6-2-1-4-14(16)12-24(8-9-25)19(27)15-11-22-17(23-18(15)26)13-5-3-7-21-10-13/h1-7,10-11,25H,8-9,12H2,(H,22,23,26). The lowest BCUT2D eigenvalue weighted by Crippen LogP contribution is -2.36. The molecule has 1 aromatic carbocycles. The molecule has 1 amide bonds. The van der Waals surface area contributed by atoms with Crippen LogP contribution in [0.3, 0.4) is 0 Å². The Bertz CT molecular complexity index is 991. The van der Waals surface area contributed by atoms with Gasteiger partial charge in [-0.2, -0.15) is 0 Å². The molecule has 8 heteroatoms. The van der Waals surface area contributed by atoms with Crippen molar-refractivity contribution < 1.29 is 9.90 Å². The number of halogens is 1. The average molecular weight is 385 g/mol. The van der Waals surface area contributed by atoms with Crippen LogP contribution in [-0.2, 0) is 6.54 Å². The average Bonchev–Trinajstić information content (AvgIpc) is 2.69. The zero-order valence-electron chi connectivity index (χ0n) is 14.3. The van der Waals surface area contributed by atoms with E-state index in [1.165, 1.54) is 11.1 Å². The summed E-state index contributed by atoms with van der Waals surface area (Å²) in [5, 5.41) is 9.81. The van der Waals surface area contributed by atoms with Crippen molar-refractivity contribution in [1.29, 1.82) is 0 Å². The monoisotopic (exact) mass is 384 g/mol. The summed E-state index contributed by atoms with van der Waals surface area (Å²) < 4.78 is 0.